The molecule has 0 aromatic heterocycles. The van der Waals surface area contributed by atoms with Crippen LogP contribution in [0, 0.1) is 6.92 Å². The van der Waals surface area contributed by atoms with E-state index in [-0.39, 0.29) is 0 Å². The molecular formula is C12H15BrO2. The van der Waals surface area contributed by atoms with E-state index >= 15 is 0 Å². The van der Waals surface area contributed by atoms with Crippen LogP contribution in [0.4, 0.5) is 0 Å². The summed E-state index contributed by atoms with van der Waals surface area (Å²) in [6.45, 7) is 5.99. The maximum absolute atomic E-state index is 5.33. The van der Waals surface area contributed by atoms with Crippen LogP contribution in [0.2, 0.25) is 0 Å². The van der Waals surface area contributed by atoms with Crippen LogP contribution >= 0.6 is 15.9 Å². The van der Waals surface area contributed by atoms with E-state index in [2.05, 4.69) is 22.5 Å². The summed E-state index contributed by atoms with van der Waals surface area (Å²) in [5, 5.41) is 0.697. The molecule has 1 aromatic rings. The lowest BCUT2D eigenvalue weighted by Gasteiger charge is -2.14. The molecule has 0 spiro atoms. The third kappa shape index (κ3) is 2.53. The molecular weight excluding hydrogens is 256 g/mol. The summed E-state index contributed by atoms with van der Waals surface area (Å²) < 4.78 is 10.7. The molecule has 0 saturated carbocycles. The number of hydrogen-bond donors (Lipinski definition) is 0. The third-order valence-electron chi connectivity index (χ3n) is 2.17. The topological polar surface area (TPSA) is 18.5 Å². The summed E-state index contributed by atoms with van der Waals surface area (Å²) in [6.07, 6.45) is 0. The molecule has 2 nitrogen and oxygen atoms in total. The summed E-state index contributed by atoms with van der Waals surface area (Å²) in [6, 6.07) is 3.96. The van der Waals surface area contributed by atoms with Gasteiger partial charge in [0.1, 0.15) is 11.5 Å². The number of ether oxygens (including phenoxy) is 2. The fourth-order valence-corrected chi connectivity index (χ4v) is 1.74. The molecule has 0 aliphatic heterocycles. The molecule has 3 heteroatoms. The fourth-order valence-electron chi connectivity index (χ4n) is 1.46. The number of aryl methyl sites for hydroxylation is 1. The average molecular weight is 271 g/mol. The van der Waals surface area contributed by atoms with Gasteiger partial charge in [-0.15, -0.1) is 0 Å². The molecule has 0 amide bonds. The van der Waals surface area contributed by atoms with Crippen LogP contribution in [0.5, 0.6) is 11.5 Å². The number of methoxy groups -OCH3 is 2. The SMILES string of the molecule is C=C(CBr)c1c(OC)cc(C)cc1OC. The Labute approximate surface area is 99.0 Å². The van der Waals surface area contributed by atoms with Crippen molar-refractivity contribution in [2.24, 2.45) is 0 Å². The molecule has 0 fully saturated rings. The Morgan fingerprint density at radius 3 is 2.07 bits per heavy atom. The first-order valence-corrected chi connectivity index (χ1v) is 5.73. The normalized spacial score (nSPS) is 9.87. The van der Waals surface area contributed by atoms with Crippen LogP contribution in [0.25, 0.3) is 5.57 Å². The van der Waals surface area contributed by atoms with Gasteiger partial charge >= 0.3 is 0 Å². The van der Waals surface area contributed by atoms with Crippen LogP contribution in [-0.2, 0) is 0 Å². The van der Waals surface area contributed by atoms with Gasteiger partial charge in [0.15, 0.2) is 0 Å². The Morgan fingerprint density at radius 2 is 1.73 bits per heavy atom. The van der Waals surface area contributed by atoms with Crippen molar-refractivity contribution in [3.63, 3.8) is 0 Å². The van der Waals surface area contributed by atoms with Gasteiger partial charge in [-0.25, -0.2) is 0 Å². The summed E-state index contributed by atoms with van der Waals surface area (Å²) in [5.74, 6) is 1.60. The van der Waals surface area contributed by atoms with Gasteiger partial charge in [0.2, 0.25) is 0 Å². The van der Waals surface area contributed by atoms with Crippen molar-refractivity contribution < 1.29 is 9.47 Å². The Bertz CT molecular complexity index is 347. The molecule has 15 heavy (non-hydrogen) atoms. The van der Waals surface area contributed by atoms with Crippen LogP contribution in [-0.4, -0.2) is 19.5 Å². The average Bonchev–Trinajstić information content (AvgIpc) is 2.26. The van der Waals surface area contributed by atoms with E-state index in [1.165, 1.54) is 0 Å². The minimum atomic E-state index is 0.697. The third-order valence-corrected chi connectivity index (χ3v) is 2.84. The zero-order valence-electron chi connectivity index (χ0n) is 9.26. The van der Waals surface area contributed by atoms with Crippen LogP contribution in [0.1, 0.15) is 11.1 Å². The van der Waals surface area contributed by atoms with Crippen molar-refractivity contribution in [2.45, 2.75) is 6.92 Å². The van der Waals surface area contributed by atoms with E-state index in [1.54, 1.807) is 14.2 Å². The van der Waals surface area contributed by atoms with E-state index in [1.807, 2.05) is 19.1 Å². The van der Waals surface area contributed by atoms with Gasteiger partial charge in [-0.2, -0.15) is 0 Å². The monoisotopic (exact) mass is 270 g/mol. The van der Waals surface area contributed by atoms with E-state index in [0.29, 0.717) is 5.33 Å². The van der Waals surface area contributed by atoms with Gasteiger partial charge < -0.3 is 9.47 Å². The number of allylic oxidation sites excluding steroid dienone is 1. The zero-order chi connectivity index (χ0) is 11.4. The Morgan fingerprint density at radius 1 is 1.27 bits per heavy atom. The fraction of sp³-hybridized carbons (Fsp3) is 0.333. The molecule has 0 radical (unpaired) electrons. The summed E-state index contributed by atoms with van der Waals surface area (Å²) >= 11 is 3.39. The summed E-state index contributed by atoms with van der Waals surface area (Å²) in [4.78, 5) is 0. The Hall–Kier alpha value is -0.960. The van der Waals surface area contributed by atoms with E-state index in [4.69, 9.17) is 9.47 Å². The van der Waals surface area contributed by atoms with Gasteiger partial charge in [-0.3, -0.25) is 0 Å². The zero-order valence-corrected chi connectivity index (χ0v) is 10.8. The summed E-state index contributed by atoms with van der Waals surface area (Å²) in [7, 11) is 3.30. The highest BCUT2D eigenvalue weighted by Gasteiger charge is 2.13. The predicted octanol–water partition coefficient (Wildman–Crippen LogP) is 3.42. The molecule has 0 aliphatic rings. The quantitative estimate of drug-likeness (QED) is 0.781. The van der Waals surface area contributed by atoms with Gasteiger partial charge in [0, 0.05) is 5.33 Å². The van der Waals surface area contributed by atoms with Crippen LogP contribution < -0.4 is 9.47 Å². The second kappa shape index (κ2) is 5.21. The van der Waals surface area contributed by atoms with Crippen molar-refractivity contribution in [1.29, 1.82) is 0 Å². The molecule has 82 valence electrons. The van der Waals surface area contributed by atoms with Gasteiger partial charge in [-0.1, -0.05) is 22.5 Å². The van der Waals surface area contributed by atoms with Crippen LogP contribution in [0.15, 0.2) is 18.7 Å². The number of hydrogen-bond acceptors (Lipinski definition) is 2. The van der Waals surface area contributed by atoms with Gasteiger partial charge in [0.05, 0.1) is 19.8 Å². The van der Waals surface area contributed by atoms with Crippen molar-refractivity contribution in [1.82, 2.24) is 0 Å². The lowest BCUT2D eigenvalue weighted by atomic mass is 10.0. The highest BCUT2D eigenvalue weighted by molar-refractivity contribution is 9.09. The first-order valence-electron chi connectivity index (χ1n) is 4.60. The van der Waals surface area contributed by atoms with Crippen molar-refractivity contribution in [3.8, 4) is 11.5 Å². The second-order valence-electron chi connectivity index (χ2n) is 3.28. The first kappa shape index (κ1) is 12.1. The highest BCUT2D eigenvalue weighted by atomic mass is 79.9. The van der Waals surface area contributed by atoms with Crippen LogP contribution in [0.3, 0.4) is 0 Å². The highest BCUT2D eigenvalue weighted by Crippen LogP contribution is 2.35. The molecule has 0 heterocycles. The van der Waals surface area contributed by atoms with E-state index in [9.17, 15) is 0 Å². The van der Waals surface area contributed by atoms with Gasteiger partial charge in [0.25, 0.3) is 0 Å². The lowest BCUT2D eigenvalue weighted by Crippen LogP contribution is -1.97. The Balaban J connectivity index is 3.36. The maximum Gasteiger partial charge on any atom is 0.130 e. The smallest absolute Gasteiger partial charge is 0.130 e. The minimum absolute atomic E-state index is 0.697. The largest absolute Gasteiger partial charge is 0.496 e. The lowest BCUT2D eigenvalue weighted by molar-refractivity contribution is 0.391. The standard InChI is InChI=1S/C12H15BrO2/c1-8-5-10(14-3)12(9(2)7-13)11(6-8)15-4/h5-6H,2,7H2,1,3-4H3. The molecule has 1 rings (SSSR count). The number of benzene rings is 1. The van der Waals surface area contributed by atoms with Crippen molar-refractivity contribution in [2.75, 3.05) is 19.5 Å². The van der Waals surface area contributed by atoms with E-state index < -0.39 is 0 Å². The number of alkyl halides is 1. The van der Waals surface area contributed by atoms with Crippen molar-refractivity contribution in [3.05, 3.63) is 29.8 Å². The predicted molar refractivity (Wildman–Crippen MR) is 67.1 cm³/mol. The van der Waals surface area contributed by atoms with Gasteiger partial charge in [-0.05, 0) is 30.2 Å². The second-order valence-corrected chi connectivity index (χ2v) is 3.84. The molecule has 0 saturated heterocycles. The molecule has 0 N–H and O–H groups in total. The Kier molecular flexibility index (Phi) is 4.21. The molecule has 0 aliphatic carbocycles. The molecule has 0 atom stereocenters. The minimum Gasteiger partial charge on any atom is -0.496 e. The molecule has 0 unspecified atom stereocenters. The first-order chi connectivity index (χ1) is 7.13. The number of rotatable bonds is 4. The summed E-state index contributed by atoms with van der Waals surface area (Å²) in [5.41, 5.74) is 2.99. The maximum atomic E-state index is 5.33. The molecule has 0 bridgehead atoms. The van der Waals surface area contributed by atoms with Crippen molar-refractivity contribution >= 4 is 21.5 Å². The molecule has 1 aromatic carbocycles. The number of halogens is 1. The van der Waals surface area contributed by atoms with E-state index in [0.717, 1.165) is 28.2 Å².